The highest BCUT2D eigenvalue weighted by molar-refractivity contribution is 5.84. The molecule has 4 aliphatic carbocycles. The van der Waals surface area contributed by atoms with Gasteiger partial charge in [0.15, 0.2) is 0 Å². The molecule has 24 heavy (non-hydrogen) atoms. The molecule has 0 aromatic heterocycles. The lowest BCUT2D eigenvalue weighted by Gasteiger charge is -2.44. The van der Waals surface area contributed by atoms with Crippen molar-refractivity contribution in [2.75, 3.05) is 20.8 Å². The van der Waals surface area contributed by atoms with E-state index in [1.54, 1.807) is 14.2 Å². The van der Waals surface area contributed by atoms with Crippen LogP contribution in [-0.4, -0.2) is 27.0 Å². The van der Waals surface area contributed by atoms with Crippen molar-refractivity contribution < 1.29 is 9.47 Å². The number of hydrogen-bond acceptors (Lipinski definition) is 3. The summed E-state index contributed by atoms with van der Waals surface area (Å²) in [7, 11) is 3.38. The van der Waals surface area contributed by atoms with Crippen LogP contribution in [0.5, 0.6) is 11.5 Å². The third kappa shape index (κ3) is 3.05. The highest BCUT2D eigenvalue weighted by Crippen LogP contribution is 2.57. The molecule has 4 aliphatic rings. The molecule has 3 heteroatoms. The number of rotatable bonds is 5. The summed E-state index contributed by atoms with van der Waals surface area (Å²) in [5, 5.41) is 0. The molecule has 130 valence electrons. The maximum absolute atomic E-state index is 5.48. The van der Waals surface area contributed by atoms with E-state index in [4.69, 9.17) is 14.5 Å². The SMILES string of the molecule is COc1ccc(C=NCC23CCC4CC(CC(C4)C2)C3)c(OC)c1. The molecule has 0 heterocycles. The summed E-state index contributed by atoms with van der Waals surface area (Å²) >= 11 is 0. The van der Waals surface area contributed by atoms with Crippen LogP contribution in [-0.2, 0) is 0 Å². The molecule has 4 fully saturated rings. The molecule has 4 saturated carbocycles. The first-order chi connectivity index (χ1) is 11.7. The Balaban J connectivity index is 1.49. The van der Waals surface area contributed by atoms with Crippen molar-refractivity contribution in [3.8, 4) is 11.5 Å². The zero-order chi connectivity index (χ0) is 16.6. The number of methoxy groups -OCH3 is 2. The van der Waals surface area contributed by atoms with E-state index in [2.05, 4.69) is 0 Å². The van der Waals surface area contributed by atoms with Gasteiger partial charge in [0.05, 0.1) is 14.2 Å². The lowest BCUT2D eigenvalue weighted by atomic mass is 9.61. The van der Waals surface area contributed by atoms with E-state index in [-0.39, 0.29) is 0 Å². The Kier molecular flexibility index (Phi) is 4.28. The molecule has 2 atom stereocenters. The van der Waals surface area contributed by atoms with E-state index in [1.807, 2.05) is 24.4 Å². The zero-order valence-corrected chi connectivity index (χ0v) is 15.0. The molecule has 0 saturated heterocycles. The molecule has 4 bridgehead atoms. The second kappa shape index (κ2) is 6.42. The predicted molar refractivity (Wildman–Crippen MR) is 97.2 cm³/mol. The van der Waals surface area contributed by atoms with Gasteiger partial charge in [0.1, 0.15) is 11.5 Å². The largest absolute Gasteiger partial charge is 0.497 e. The highest BCUT2D eigenvalue weighted by Gasteiger charge is 2.47. The Hall–Kier alpha value is -1.51. The molecule has 0 radical (unpaired) electrons. The van der Waals surface area contributed by atoms with Crippen LogP contribution < -0.4 is 9.47 Å². The third-order valence-electron chi connectivity index (χ3n) is 6.62. The number of benzene rings is 1. The summed E-state index contributed by atoms with van der Waals surface area (Å²) in [5.74, 6) is 4.64. The minimum atomic E-state index is 0.481. The molecule has 1 aromatic carbocycles. The number of hydrogen-bond donors (Lipinski definition) is 0. The maximum atomic E-state index is 5.48. The van der Waals surface area contributed by atoms with Gasteiger partial charge in [-0.2, -0.15) is 0 Å². The van der Waals surface area contributed by atoms with E-state index in [0.29, 0.717) is 5.41 Å². The molecular weight excluding hydrogens is 298 g/mol. The van der Waals surface area contributed by atoms with Crippen molar-refractivity contribution >= 4 is 6.21 Å². The van der Waals surface area contributed by atoms with Crippen LogP contribution in [0, 0.1) is 23.2 Å². The summed E-state index contributed by atoms with van der Waals surface area (Å²) in [6.07, 6.45) is 12.1. The molecule has 0 amide bonds. The van der Waals surface area contributed by atoms with Crippen LogP contribution in [0.1, 0.15) is 50.5 Å². The summed E-state index contributed by atoms with van der Waals surface area (Å²) in [6.45, 7) is 0.988. The number of fused-ring (bicyclic) bond motifs is 1. The van der Waals surface area contributed by atoms with E-state index in [9.17, 15) is 0 Å². The van der Waals surface area contributed by atoms with Crippen LogP contribution in [0.15, 0.2) is 23.2 Å². The number of aliphatic imine (C=N–C) groups is 1. The van der Waals surface area contributed by atoms with Gasteiger partial charge in [-0.05, 0) is 80.2 Å². The summed E-state index contributed by atoms with van der Waals surface area (Å²) in [6, 6.07) is 5.93. The van der Waals surface area contributed by atoms with Crippen molar-refractivity contribution in [1.82, 2.24) is 0 Å². The topological polar surface area (TPSA) is 30.8 Å². The fourth-order valence-electron chi connectivity index (χ4n) is 5.77. The van der Waals surface area contributed by atoms with Gasteiger partial charge in [-0.25, -0.2) is 0 Å². The van der Waals surface area contributed by atoms with Crippen molar-refractivity contribution in [2.45, 2.75) is 44.9 Å². The fraction of sp³-hybridized carbons (Fsp3) is 0.667. The minimum Gasteiger partial charge on any atom is -0.497 e. The van der Waals surface area contributed by atoms with Gasteiger partial charge >= 0.3 is 0 Å². The molecule has 3 nitrogen and oxygen atoms in total. The van der Waals surface area contributed by atoms with Crippen molar-refractivity contribution in [1.29, 1.82) is 0 Å². The van der Waals surface area contributed by atoms with Crippen LogP contribution in [0.2, 0.25) is 0 Å². The van der Waals surface area contributed by atoms with Crippen LogP contribution in [0.4, 0.5) is 0 Å². The number of ether oxygens (including phenoxy) is 2. The summed E-state index contributed by atoms with van der Waals surface area (Å²) < 4.78 is 10.8. The monoisotopic (exact) mass is 327 g/mol. The zero-order valence-electron chi connectivity index (χ0n) is 15.0. The van der Waals surface area contributed by atoms with E-state index >= 15 is 0 Å². The fourth-order valence-corrected chi connectivity index (χ4v) is 5.77. The second-order valence-corrected chi connectivity index (χ2v) is 8.33. The Morgan fingerprint density at radius 3 is 2.54 bits per heavy atom. The minimum absolute atomic E-state index is 0.481. The summed E-state index contributed by atoms with van der Waals surface area (Å²) in [4.78, 5) is 4.89. The third-order valence-corrected chi connectivity index (χ3v) is 6.62. The smallest absolute Gasteiger partial charge is 0.131 e. The van der Waals surface area contributed by atoms with Gasteiger partial charge in [0, 0.05) is 24.4 Å². The lowest BCUT2D eigenvalue weighted by molar-refractivity contribution is 0.0728. The molecule has 0 N–H and O–H groups in total. The van der Waals surface area contributed by atoms with E-state index in [1.165, 1.54) is 44.9 Å². The normalized spacial score (nSPS) is 34.5. The van der Waals surface area contributed by atoms with Crippen molar-refractivity contribution in [3.05, 3.63) is 23.8 Å². The Labute approximate surface area is 145 Å². The molecule has 2 unspecified atom stereocenters. The van der Waals surface area contributed by atoms with Crippen molar-refractivity contribution in [2.24, 2.45) is 28.2 Å². The second-order valence-electron chi connectivity index (χ2n) is 8.33. The average molecular weight is 327 g/mol. The van der Waals surface area contributed by atoms with Gasteiger partial charge in [-0.3, -0.25) is 4.99 Å². The van der Waals surface area contributed by atoms with Gasteiger partial charge < -0.3 is 9.47 Å². The first-order valence-electron chi connectivity index (χ1n) is 9.41. The predicted octanol–water partition coefficient (Wildman–Crippen LogP) is 4.73. The molecule has 0 aliphatic heterocycles. The van der Waals surface area contributed by atoms with Crippen LogP contribution in [0.25, 0.3) is 0 Å². The Morgan fingerprint density at radius 2 is 1.83 bits per heavy atom. The first-order valence-corrected chi connectivity index (χ1v) is 9.41. The average Bonchev–Trinajstić information content (AvgIpc) is 2.79. The van der Waals surface area contributed by atoms with Gasteiger partial charge in [-0.15, -0.1) is 0 Å². The number of nitrogens with zero attached hydrogens (tertiary/aromatic N) is 1. The quantitative estimate of drug-likeness (QED) is 0.732. The van der Waals surface area contributed by atoms with Gasteiger partial charge in [0.25, 0.3) is 0 Å². The van der Waals surface area contributed by atoms with Crippen molar-refractivity contribution in [3.63, 3.8) is 0 Å². The van der Waals surface area contributed by atoms with E-state index < -0.39 is 0 Å². The molecule has 0 spiro atoms. The van der Waals surface area contributed by atoms with Gasteiger partial charge in [-0.1, -0.05) is 0 Å². The Morgan fingerprint density at radius 1 is 1.08 bits per heavy atom. The molecule has 1 aromatic rings. The molecular formula is C21H29NO2. The standard InChI is InChI=1S/C21H29NO2/c1-23-19-4-3-18(20(10-19)24-2)13-22-14-21-6-5-15-7-16(11-21)9-17(8-15)12-21/h3-4,10,13,15-17H,5-9,11-12,14H2,1-2H3. The first kappa shape index (κ1) is 16.0. The molecule has 5 rings (SSSR count). The highest BCUT2D eigenvalue weighted by atomic mass is 16.5. The summed E-state index contributed by atoms with van der Waals surface area (Å²) in [5.41, 5.74) is 1.52. The Bertz CT molecular complexity index is 610. The van der Waals surface area contributed by atoms with E-state index in [0.717, 1.165) is 41.4 Å². The van der Waals surface area contributed by atoms with Crippen LogP contribution in [0.3, 0.4) is 0 Å². The van der Waals surface area contributed by atoms with Gasteiger partial charge in [0.2, 0.25) is 0 Å². The lowest BCUT2D eigenvalue weighted by Crippen LogP contribution is -2.36. The van der Waals surface area contributed by atoms with Crippen LogP contribution >= 0.6 is 0 Å². The maximum Gasteiger partial charge on any atom is 0.131 e.